The van der Waals surface area contributed by atoms with Crippen molar-refractivity contribution in [2.75, 3.05) is 4.90 Å². The van der Waals surface area contributed by atoms with Gasteiger partial charge in [-0.15, -0.1) is 11.3 Å². The second-order valence-electron chi connectivity index (χ2n) is 7.19. The summed E-state index contributed by atoms with van der Waals surface area (Å²) in [7, 11) is 0. The molecule has 0 bridgehead atoms. The van der Waals surface area contributed by atoms with E-state index in [0.717, 1.165) is 16.5 Å². The van der Waals surface area contributed by atoms with Gasteiger partial charge in [0.15, 0.2) is 5.11 Å². The Morgan fingerprint density at radius 3 is 2.44 bits per heavy atom. The molecule has 3 nitrogen and oxygen atoms in total. The number of aromatic nitrogens is 1. The lowest BCUT2D eigenvalue weighted by atomic mass is 10.0. The fourth-order valence-electron chi connectivity index (χ4n) is 3.55. The molecule has 1 aliphatic heterocycles. The minimum absolute atomic E-state index is 0.0292. The van der Waals surface area contributed by atoms with Crippen molar-refractivity contribution in [3.8, 4) is 0 Å². The minimum atomic E-state index is 0.0292. The third-order valence-corrected chi connectivity index (χ3v) is 6.37. The molecule has 0 amide bonds. The van der Waals surface area contributed by atoms with E-state index in [1.165, 1.54) is 15.3 Å². The molecule has 2 aromatic heterocycles. The smallest absolute Gasteiger partial charge is 0.174 e. The van der Waals surface area contributed by atoms with Gasteiger partial charge in [-0.05, 0) is 67.0 Å². The van der Waals surface area contributed by atoms with Crippen LogP contribution >= 0.6 is 23.6 Å². The average Bonchev–Trinajstić information content (AvgIpc) is 3.25. The molecule has 3 aromatic rings. The van der Waals surface area contributed by atoms with Crippen LogP contribution in [0, 0.1) is 6.92 Å². The Hall–Kier alpha value is -2.24. The molecule has 3 heterocycles. The first-order valence-electron chi connectivity index (χ1n) is 9.21. The van der Waals surface area contributed by atoms with Crippen LogP contribution in [0.25, 0.3) is 0 Å². The molecule has 4 rings (SSSR count). The summed E-state index contributed by atoms with van der Waals surface area (Å²) < 4.78 is 0. The maximum Gasteiger partial charge on any atom is 0.174 e. The number of benzene rings is 1. The molecule has 1 aromatic carbocycles. The highest BCUT2D eigenvalue weighted by atomic mass is 32.1. The lowest BCUT2D eigenvalue weighted by molar-refractivity contribution is 0.575. The molecular formula is C22H23N3S2. The number of anilines is 1. The monoisotopic (exact) mass is 393 g/mol. The molecule has 1 saturated heterocycles. The summed E-state index contributed by atoms with van der Waals surface area (Å²) in [5.74, 6) is 0.514. The van der Waals surface area contributed by atoms with Crippen molar-refractivity contribution in [3.05, 3.63) is 81.8 Å². The van der Waals surface area contributed by atoms with E-state index < -0.39 is 0 Å². The zero-order valence-corrected chi connectivity index (χ0v) is 17.3. The maximum absolute atomic E-state index is 5.76. The van der Waals surface area contributed by atoms with Crippen LogP contribution < -0.4 is 10.2 Å². The average molecular weight is 394 g/mol. The first-order valence-corrected chi connectivity index (χ1v) is 10.4. The first kappa shape index (κ1) is 18.1. The summed E-state index contributed by atoms with van der Waals surface area (Å²) in [6, 6.07) is 19.3. The van der Waals surface area contributed by atoms with Crippen molar-refractivity contribution >= 4 is 34.4 Å². The van der Waals surface area contributed by atoms with E-state index in [-0.39, 0.29) is 12.1 Å². The van der Waals surface area contributed by atoms with Gasteiger partial charge < -0.3 is 10.2 Å². The largest absolute Gasteiger partial charge is 0.351 e. The normalized spacial score (nSPS) is 19.6. The van der Waals surface area contributed by atoms with Crippen LogP contribution in [-0.2, 0) is 0 Å². The standard InChI is InChI=1S/C22H23N3S2/c1-14(2)16-8-10-17(11-9-16)25-21(19-12-7-15(3)27-19)20(24-22(25)26)18-6-4-5-13-23-18/h4-14,20-21H,1-3H3,(H,24,26)/t20-,21-/m1/s1. The molecule has 1 N–H and O–H groups in total. The van der Waals surface area contributed by atoms with E-state index in [2.05, 4.69) is 78.4 Å². The topological polar surface area (TPSA) is 28.2 Å². The second kappa shape index (κ2) is 7.41. The lowest BCUT2D eigenvalue weighted by Gasteiger charge is -2.27. The number of aryl methyl sites for hydroxylation is 1. The fraction of sp³-hybridized carbons (Fsp3) is 0.273. The summed E-state index contributed by atoms with van der Waals surface area (Å²) in [5, 5.41) is 4.26. The van der Waals surface area contributed by atoms with Crippen molar-refractivity contribution in [3.63, 3.8) is 0 Å². The summed E-state index contributed by atoms with van der Waals surface area (Å²) in [4.78, 5) is 9.44. The van der Waals surface area contributed by atoms with Gasteiger partial charge in [0.25, 0.3) is 0 Å². The highest BCUT2D eigenvalue weighted by Crippen LogP contribution is 2.43. The van der Waals surface area contributed by atoms with Crippen LogP contribution in [0.2, 0.25) is 0 Å². The molecule has 0 radical (unpaired) electrons. The number of nitrogens with zero attached hydrogens (tertiary/aromatic N) is 2. The van der Waals surface area contributed by atoms with Gasteiger partial charge in [-0.3, -0.25) is 4.98 Å². The van der Waals surface area contributed by atoms with Crippen LogP contribution in [0.15, 0.2) is 60.8 Å². The molecule has 0 unspecified atom stereocenters. The molecular weight excluding hydrogens is 370 g/mol. The van der Waals surface area contributed by atoms with Gasteiger partial charge >= 0.3 is 0 Å². The van der Waals surface area contributed by atoms with E-state index >= 15 is 0 Å². The van der Waals surface area contributed by atoms with Crippen molar-refractivity contribution in [2.24, 2.45) is 0 Å². The Morgan fingerprint density at radius 2 is 1.85 bits per heavy atom. The quantitative estimate of drug-likeness (QED) is 0.571. The lowest BCUT2D eigenvalue weighted by Crippen LogP contribution is -2.29. The van der Waals surface area contributed by atoms with Gasteiger partial charge in [0.2, 0.25) is 0 Å². The molecule has 0 spiro atoms. The number of thiocarbonyl (C=S) groups is 1. The summed E-state index contributed by atoms with van der Waals surface area (Å²) >= 11 is 7.58. The van der Waals surface area contributed by atoms with Gasteiger partial charge in [0.1, 0.15) is 0 Å². The van der Waals surface area contributed by atoms with Crippen molar-refractivity contribution in [1.82, 2.24) is 10.3 Å². The molecule has 1 aliphatic rings. The van der Waals surface area contributed by atoms with Crippen LogP contribution in [0.5, 0.6) is 0 Å². The Morgan fingerprint density at radius 1 is 1.07 bits per heavy atom. The van der Waals surface area contributed by atoms with E-state index in [1.807, 2.05) is 29.7 Å². The molecule has 27 heavy (non-hydrogen) atoms. The molecule has 138 valence electrons. The molecule has 0 aliphatic carbocycles. The van der Waals surface area contributed by atoms with E-state index in [0.29, 0.717) is 5.92 Å². The summed E-state index contributed by atoms with van der Waals surface area (Å²) in [5.41, 5.74) is 3.46. The van der Waals surface area contributed by atoms with Crippen LogP contribution in [0.4, 0.5) is 5.69 Å². The molecule has 5 heteroatoms. The van der Waals surface area contributed by atoms with Crippen molar-refractivity contribution in [1.29, 1.82) is 0 Å². The Balaban J connectivity index is 1.78. The number of pyridine rings is 1. The highest BCUT2D eigenvalue weighted by Gasteiger charge is 2.41. The Bertz CT molecular complexity index is 932. The number of nitrogens with one attached hydrogen (secondary N) is 1. The van der Waals surface area contributed by atoms with Crippen molar-refractivity contribution in [2.45, 2.75) is 38.8 Å². The number of hydrogen-bond donors (Lipinski definition) is 1. The van der Waals surface area contributed by atoms with Crippen LogP contribution in [0.1, 0.15) is 52.9 Å². The molecule has 2 atom stereocenters. The van der Waals surface area contributed by atoms with Gasteiger partial charge in [-0.25, -0.2) is 0 Å². The SMILES string of the molecule is Cc1ccc([C@@H]2[C@@H](c3ccccn3)NC(=S)N2c2ccc(C(C)C)cc2)s1. The summed E-state index contributed by atoms with van der Waals surface area (Å²) in [6.45, 7) is 6.57. The third kappa shape index (κ3) is 3.49. The first-order chi connectivity index (χ1) is 13.0. The zero-order chi connectivity index (χ0) is 19.0. The van der Waals surface area contributed by atoms with Gasteiger partial charge in [-0.2, -0.15) is 0 Å². The number of rotatable bonds is 4. The van der Waals surface area contributed by atoms with Crippen LogP contribution in [-0.4, -0.2) is 10.1 Å². The van der Waals surface area contributed by atoms with Gasteiger partial charge in [-0.1, -0.05) is 32.0 Å². The molecule has 0 saturated carbocycles. The summed E-state index contributed by atoms with van der Waals surface area (Å²) in [6.07, 6.45) is 1.84. The van der Waals surface area contributed by atoms with E-state index in [4.69, 9.17) is 12.2 Å². The third-order valence-electron chi connectivity index (χ3n) is 4.99. The zero-order valence-electron chi connectivity index (χ0n) is 15.7. The maximum atomic E-state index is 5.76. The fourth-order valence-corrected chi connectivity index (χ4v) is 4.91. The second-order valence-corrected chi connectivity index (χ2v) is 8.90. The minimum Gasteiger partial charge on any atom is -0.351 e. The van der Waals surface area contributed by atoms with Crippen LogP contribution in [0.3, 0.4) is 0 Å². The highest BCUT2D eigenvalue weighted by molar-refractivity contribution is 7.80. The van der Waals surface area contributed by atoms with Gasteiger partial charge in [0.05, 0.1) is 17.8 Å². The van der Waals surface area contributed by atoms with Gasteiger partial charge in [0, 0.05) is 21.6 Å². The van der Waals surface area contributed by atoms with E-state index in [1.54, 1.807) is 0 Å². The molecule has 1 fully saturated rings. The predicted octanol–water partition coefficient (Wildman–Crippen LogP) is 5.75. The Kier molecular flexibility index (Phi) is 4.98. The predicted molar refractivity (Wildman–Crippen MR) is 118 cm³/mol. The number of hydrogen-bond acceptors (Lipinski definition) is 3. The van der Waals surface area contributed by atoms with E-state index in [9.17, 15) is 0 Å². The Labute approximate surface area is 170 Å². The van der Waals surface area contributed by atoms with Crippen molar-refractivity contribution < 1.29 is 0 Å². The number of thiophene rings is 1.